The van der Waals surface area contributed by atoms with E-state index in [1.165, 1.54) is 6.92 Å². The highest BCUT2D eigenvalue weighted by Gasteiger charge is 2.51. The van der Waals surface area contributed by atoms with E-state index in [0.29, 0.717) is 5.57 Å². The van der Waals surface area contributed by atoms with E-state index in [-0.39, 0.29) is 11.7 Å². The van der Waals surface area contributed by atoms with Crippen LogP contribution in [-0.2, 0) is 33.6 Å². The van der Waals surface area contributed by atoms with Crippen LogP contribution in [0.25, 0.3) is 0 Å². The molecule has 0 spiro atoms. The first kappa shape index (κ1) is 19.6. The van der Waals surface area contributed by atoms with Crippen LogP contribution in [0.15, 0.2) is 12.2 Å². The smallest absolute Gasteiger partial charge is 0.303 e. The Morgan fingerprint density at radius 3 is 1.96 bits per heavy atom. The second-order valence-electron chi connectivity index (χ2n) is 5.98. The Hall–Kier alpha value is -1.41. The second kappa shape index (κ2) is 7.44. The molecule has 1 rings (SSSR count). The monoisotopic (exact) mass is 348 g/mol. The molecule has 132 valence electrons. The van der Waals surface area contributed by atoms with Crippen molar-refractivity contribution >= 4 is 21.8 Å². The molecule has 0 saturated carbocycles. The molecule has 0 N–H and O–H groups in total. The van der Waals surface area contributed by atoms with Crippen molar-refractivity contribution in [2.75, 3.05) is 5.75 Å². The molecule has 0 bridgehead atoms. The molecule has 1 aliphatic heterocycles. The molecule has 0 radical (unpaired) electrons. The molecule has 1 fully saturated rings. The Morgan fingerprint density at radius 2 is 1.52 bits per heavy atom. The van der Waals surface area contributed by atoms with E-state index in [2.05, 4.69) is 6.58 Å². The van der Waals surface area contributed by atoms with Crippen LogP contribution in [-0.4, -0.2) is 49.9 Å². The lowest BCUT2D eigenvalue weighted by atomic mass is 9.92. The average molecular weight is 348 g/mol. The first-order chi connectivity index (χ1) is 10.5. The quantitative estimate of drug-likeness (QED) is 0.544. The fraction of sp³-hybridized carbons (Fsp3) is 0.733. The summed E-state index contributed by atoms with van der Waals surface area (Å²) in [6.07, 6.45) is -2.60. The zero-order chi connectivity index (χ0) is 17.9. The van der Waals surface area contributed by atoms with Crippen molar-refractivity contribution in [2.24, 2.45) is 5.92 Å². The predicted octanol–water partition coefficient (Wildman–Crippen LogP) is 1.22. The van der Waals surface area contributed by atoms with Gasteiger partial charge in [-0.1, -0.05) is 19.1 Å². The van der Waals surface area contributed by atoms with E-state index < -0.39 is 45.5 Å². The highest BCUT2D eigenvalue weighted by Crippen LogP contribution is 2.33. The molecule has 1 saturated heterocycles. The van der Waals surface area contributed by atoms with Gasteiger partial charge in [0.1, 0.15) is 6.10 Å². The Bertz CT molecular complexity index is 581. The number of rotatable bonds is 5. The topological polar surface area (TPSA) is 96.0 Å². The normalized spacial score (nSPS) is 31.3. The number of esters is 2. The number of hydrogen-bond acceptors (Lipinski definition) is 7. The summed E-state index contributed by atoms with van der Waals surface area (Å²) < 4.78 is 41.1. The summed E-state index contributed by atoms with van der Waals surface area (Å²) in [6, 6.07) is 0. The number of ether oxygens (including phenoxy) is 3. The van der Waals surface area contributed by atoms with Gasteiger partial charge in [0.25, 0.3) is 0 Å². The molecule has 23 heavy (non-hydrogen) atoms. The molecule has 5 atom stereocenters. The minimum atomic E-state index is -3.79. The maximum absolute atomic E-state index is 12.6. The zero-order valence-electron chi connectivity index (χ0n) is 14.1. The Kier molecular flexibility index (Phi) is 6.35. The average Bonchev–Trinajstić information content (AvgIpc) is 2.35. The van der Waals surface area contributed by atoms with Crippen molar-refractivity contribution in [1.82, 2.24) is 0 Å². The molecule has 1 unspecified atom stereocenters. The van der Waals surface area contributed by atoms with Crippen LogP contribution in [0, 0.1) is 5.92 Å². The van der Waals surface area contributed by atoms with Gasteiger partial charge in [-0.05, 0) is 13.8 Å². The van der Waals surface area contributed by atoms with E-state index in [1.807, 2.05) is 0 Å². The van der Waals surface area contributed by atoms with Gasteiger partial charge < -0.3 is 14.2 Å². The highest BCUT2D eigenvalue weighted by atomic mass is 32.2. The molecular formula is C15H24O7S. The Morgan fingerprint density at radius 1 is 1.04 bits per heavy atom. The molecule has 0 aromatic rings. The van der Waals surface area contributed by atoms with Gasteiger partial charge in [0, 0.05) is 19.8 Å². The summed E-state index contributed by atoms with van der Waals surface area (Å²) in [5, 5.41) is 0. The maximum Gasteiger partial charge on any atom is 0.303 e. The van der Waals surface area contributed by atoms with E-state index in [4.69, 9.17) is 14.2 Å². The first-order valence-electron chi connectivity index (χ1n) is 7.31. The Labute approximate surface area is 136 Å². The number of carbonyl (C=O) groups is 2. The van der Waals surface area contributed by atoms with E-state index in [1.54, 1.807) is 20.8 Å². The molecular weight excluding hydrogens is 324 g/mol. The molecule has 0 amide bonds. The summed E-state index contributed by atoms with van der Waals surface area (Å²) in [4.78, 5) is 22.8. The summed E-state index contributed by atoms with van der Waals surface area (Å²) >= 11 is 0. The van der Waals surface area contributed by atoms with Crippen molar-refractivity contribution in [3.63, 3.8) is 0 Å². The van der Waals surface area contributed by atoms with E-state index in [0.717, 1.165) is 6.92 Å². The van der Waals surface area contributed by atoms with Crippen LogP contribution < -0.4 is 0 Å². The summed E-state index contributed by atoms with van der Waals surface area (Å²) in [5.41, 5.74) is -0.968. The standard InChI is InChI=1S/C15H24O7S/c1-8(2)7-23(18,19)15-14(22-12(6)17)13(21-11(5)16)9(3)10(4)20-15/h9-10,13-15H,1,7H2,2-6H3/t9-,10-,13+,14+,15?/m0/s1. The van der Waals surface area contributed by atoms with Gasteiger partial charge >= 0.3 is 11.9 Å². The van der Waals surface area contributed by atoms with Gasteiger partial charge in [0.15, 0.2) is 21.4 Å². The van der Waals surface area contributed by atoms with Gasteiger partial charge in [0.2, 0.25) is 0 Å². The molecule has 1 aliphatic rings. The van der Waals surface area contributed by atoms with Crippen LogP contribution in [0.1, 0.15) is 34.6 Å². The largest absolute Gasteiger partial charge is 0.458 e. The summed E-state index contributed by atoms with van der Waals surface area (Å²) in [6.45, 7) is 11.0. The van der Waals surface area contributed by atoms with Crippen molar-refractivity contribution < 1.29 is 32.2 Å². The summed E-state index contributed by atoms with van der Waals surface area (Å²) in [5.74, 6) is -1.89. The molecule has 0 aromatic carbocycles. The minimum absolute atomic E-state index is 0.302. The van der Waals surface area contributed by atoms with Crippen LogP contribution >= 0.6 is 0 Å². The van der Waals surface area contributed by atoms with Crippen LogP contribution in [0.4, 0.5) is 0 Å². The second-order valence-corrected chi connectivity index (χ2v) is 8.06. The Balaban J connectivity index is 3.26. The van der Waals surface area contributed by atoms with Crippen LogP contribution in [0.2, 0.25) is 0 Å². The van der Waals surface area contributed by atoms with Crippen molar-refractivity contribution in [2.45, 2.75) is 58.4 Å². The number of hydrogen-bond donors (Lipinski definition) is 0. The molecule has 0 aromatic heterocycles. The zero-order valence-corrected chi connectivity index (χ0v) is 14.9. The van der Waals surface area contributed by atoms with Crippen molar-refractivity contribution in [1.29, 1.82) is 0 Å². The van der Waals surface area contributed by atoms with E-state index >= 15 is 0 Å². The lowest BCUT2D eigenvalue weighted by molar-refractivity contribution is -0.205. The van der Waals surface area contributed by atoms with Gasteiger partial charge in [-0.2, -0.15) is 0 Å². The fourth-order valence-electron chi connectivity index (χ4n) is 2.53. The number of sulfone groups is 1. The lowest BCUT2D eigenvalue weighted by Crippen LogP contribution is -2.58. The predicted molar refractivity (Wildman–Crippen MR) is 83.2 cm³/mol. The van der Waals surface area contributed by atoms with Crippen LogP contribution in [0.5, 0.6) is 0 Å². The lowest BCUT2D eigenvalue weighted by Gasteiger charge is -2.43. The summed E-state index contributed by atoms with van der Waals surface area (Å²) in [7, 11) is -3.79. The third kappa shape index (κ3) is 5.04. The molecule has 8 heteroatoms. The van der Waals surface area contributed by atoms with Gasteiger partial charge in [-0.25, -0.2) is 8.42 Å². The molecule has 0 aliphatic carbocycles. The molecule has 1 heterocycles. The fourth-order valence-corrected chi connectivity index (χ4v) is 4.34. The number of carbonyl (C=O) groups excluding carboxylic acids is 2. The van der Waals surface area contributed by atoms with Crippen molar-refractivity contribution in [3.05, 3.63) is 12.2 Å². The first-order valence-corrected chi connectivity index (χ1v) is 9.03. The van der Waals surface area contributed by atoms with Gasteiger partial charge in [-0.3, -0.25) is 9.59 Å². The van der Waals surface area contributed by atoms with E-state index in [9.17, 15) is 18.0 Å². The van der Waals surface area contributed by atoms with Gasteiger partial charge in [-0.15, -0.1) is 0 Å². The van der Waals surface area contributed by atoms with Crippen LogP contribution in [0.3, 0.4) is 0 Å². The van der Waals surface area contributed by atoms with Crippen molar-refractivity contribution in [3.8, 4) is 0 Å². The molecule has 7 nitrogen and oxygen atoms in total. The van der Waals surface area contributed by atoms with Gasteiger partial charge in [0.05, 0.1) is 11.9 Å². The SMILES string of the molecule is C=C(C)CS(=O)(=O)C1O[C@@H](C)[C@H](C)[C@@H](OC(C)=O)[C@H]1OC(C)=O. The third-order valence-corrected chi connectivity index (χ3v) is 5.59. The maximum atomic E-state index is 12.6. The minimum Gasteiger partial charge on any atom is -0.458 e. The highest BCUT2D eigenvalue weighted by molar-refractivity contribution is 7.92. The third-order valence-electron chi connectivity index (χ3n) is 3.61.